The lowest BCUT2D eigenvalue weighted by molar-refractivity contribution is 0.0166. The lowest BCUT2D eigenvalue weighted by Gasteiger charge is -2.47. The first-order valence-electron chi connectivity index (χ1n) is 7.90. The van der Waals surface area contributed by atoms with Crippen LogP contribution < -0.4 is 0 Å². The van der Waals surface area contributed by atoms with E-state index in [4.69, 9.17) is 0 Å². The SMILES string of the molecule is CC1CN2CCCCC2CN1CC(=O)c1ccc(Br)cc1. The number of piperazine rings is 1. The van der Waals surface area contributed by atoms with Crippen LogP contribution in [0, 0.1) is 0 Å². The second kappa shape index (κ2) is 6.59. The van der Waals surface area contributed by atoms with Crippen molar-refractivity contribution in [3.05, 3.63) is 34.3 Å². The maximum Gasteiger partial charge on any atom is 0.176 e. The molecule has 0 saturated carbocycles. The van der Waals surface area contributed by atoms with Gasteiger partial charge in [0.05, 0.1) is 6.54 Å². The van der Waals surface area contributed by atoms with Crippen LogP contribution in [-0.4, -0.2) is 53.8 Å². The fraction of sp³-hybridized carbons (Fsp3) is 0.588. The van der Waals surface area contributed by atoms with Gasteiger partial charge < -0.3 is 0 Å². The normalized spacial score (nSPS) is 27.3. The van der Waals surface area contributed by atoms with Gasteiger partial charge in [-0.05, 0) is 38.4 Å². The molecule has 0 aliphatic carbocycles. The first-order chi connectivity index (χ1) is 10.1. The number of carbonyl (C=O) groups excluding carboxylic acids is 1. The van der Waals surface area contributed by atoms with E-state index in [2.05, 4.69) is 32.7 Å². The molecule has 4 heteroatoms. The molecule has 2 unspecified atom stereocenters. The van der Waals surface area contributed by atoms with E-state index in [1.165, 1.54) is 25.8 Å². The highest BCUT2D eigenvalue weighted by Crippen LogP contribution is 2.24. The highest BCUT2D eigenvalue weighted by Gasteiger charge is 2.33. The molecule has 2 aliphatic rings. The van der Waals surface area contributed by atoms with Crippen LogP contribution in [0.1, 0.15) is 36.5 Å². The fourth-order valence-electron chi connectivity index (χ4n) is 3.54. The van der Waals surface area contributed by atoms with Crippen LogP contribution in [0.25, 0.3) is 0 Å². The number of fused-ring (bicyclic) bond motifs is 1. The fourth-order valence-corrected chi connectivity index (χ4v) is 3.81. The van der Waals surface area contributed by atoms with Gasteiger partial charge in [0.15, 0.2) is 5.78 Å². The minimum absolute atomic E-state index is 0.235. The van der Waals surface area contributed by atoms with E-state index in [0.717, 1.165) is 23.1 Å². The number of halogens is 1. The first-order valence-corrected chi connectivity index (χ1v) is 8.69. The van der Waals surface area contributed by atoms with E-state index in [-0.39, 0.29) is 5.78 Å². The Balaban J connectivity index is 1.63. The summed E-state index contributed by atoms with van der Waals surface area (Å²) in [6, 6.07) is 8.83. The molecule has 3 rings (SSSR count). The zero-order valence-corrected chi connectivity index (χ0v) is 14.2. The monoisotopic (exact) mass is 350 g/mol. The lowest BCUT2D eigenvalue weighted by Crippen LogP contribution is -2.59. The standard InChI is InChI=1S/C17H23BrN2O/c1-13-10-19-9-3-2-4-16(19)11-20(13)12-17(21)14-5-7-15(18)8-6-14/h5-8,13,16H,2-4,9-12H2,1H3. The number of nitrogens with zero attached hydrogens (tertiary/aromatic N) is 2. The second-order valence-electron chi connectivity index (χ2n) is 6.35. The Labute approximate surface area is 135 Å². The molecule has 1 aromatic carbocycles. The van der Waals surface area contributed by atoms with E-state index in [1.807, 2.05) is 24.3 Å². The largest absolute Gasteiger partial charge is 0.298 e. The van der Waals surface area contributed by atoms with Crippen molar-refractivity contribution >= 4 is 21.7 Å². The van der Waals surface area contributed by atoms with Crippen LogP contribution in [0.3, 0.4) is 0 Å². The molecule has 0 bridgehead atoms. The molecule has 2 atom stereocenters. The van der Waals surface area contributed by atoms with Crippen molar-refractivity contribution in [3.63, 3.8) is 0 Å². The molecule has 1 aromatic rings. The molecule has 2 saturated heterocycles. The summed E-state index contributed by atoms with van der Waals surface area (Å²) in [4.78, 5) is 17.5. The van der Waals surface area contributed by atoms with Gasteiger partial charge in [0.25, 0.3) is 0 Å². The Bertz CT molecular complexity index is 502. The molecule has 0 radical (unpaired) electrons. The van der Waals surface area contributed by atoms with Crippen LogP contribution in [0.4, 0.5) is 0 Å². The van der Waals surface area contributed by atoms with E-state index >= 15 is 0 Å². The predicted octanol–water partition coefficient (Wildman–Crippen LogP) is 3.19. The Hall–Kier alpha value is -0.710. The average Bonchev–Trinajstić information content (AvgIpc) is 2.48. The number of benzene rings is 1. The number of carbonyl (C=O) groups is 1. The Kier molecular flexibility index (Phi) is 4.77. The van der Waals surface area contributed by atoms with E-state index in [1.54, 1.807) is 0 Å². The number of hydrogen-bond acceptors (Lipinski definition) is 3. The van der Waals surface area contributed by atoms with Gasteiger partial charge in [0.2, 0.25) is 0 Å². The quantitative estimate of drug-likeness (QED) is 0.782. The maximum absolute atomic E-state index is 12.5. The third-order valence-electron chi connectivity index (χ3n) is 4.83. The van der Waals surface area contributed by atoms with Gasteiger partial charge >= 0.3 is 0 Å². The molecule has 0 spiro atoms. The third kappa shape index (κ3) is 3.55. The molecule has 21 heavy (non-hydrogen) atoms. The van der Waals surface area contributed by atoms with Gasteiger partial charge in [-0.3, -0.25) is 14.6 Å². The zero-order chi connectivity index (χ0) is 14.8. The summed E-state index contributed by atoms with van der Waals surface area (Å²) in [7, 11) is 0. The molecule has 0 aromatic heterocycles. The molecular formula is C17H23BrN2O. The minimum Gasteiger partial charge on any atom is -0.298 e. The lowest BCUT2D eigenvalue weighted by atomic mass is 9.96. The number of piperidine rings is 1. The zero-order valence-electron chi connectivity index (χ0n) is 12.6. The summed E-state index contributed by atoms with van der Waals surface area (Å²) in [6.07, 6.45) is 3.96. The van der Waals surface area contributed by atoms with Crippen molar-refractivity contribution in [2.24, 2.45) is 0 Å². The summed E-state index contributed by atoms with van der Waals surface area (Å²) in [5, 5.41) is 0. The Morgan fingerprint density at radius 3 is 2.76 bits per heavy atom. The van der Waals surface area contributed by atoms with Crippen LogP contribution >= 0.6 is 15.9 Å². The molecule has 3 nitrogen and oxygen atoms in total. The van der Waals surface area contributed by atoms with Gasteiger partial charge in [0, 0.05) is 35.2 Å². The summed E-state index contributed by atoms with van der Waals surface area (Å²) in [5.41, 5.74) is 0.816. The molecule has 0 N–H and O–H groups in total. The van der Waals surface area contributed by atoms with Crippen molar-refractivity contribution < 1.29 is 4.79 Å². The number of ketones is 1. The van der Waals surface area contributed by atoms with E-state index in [0.29, 0.717) is 18.6 Å². The summed E-state index contributed by atoms with van der Waals surface area (Å²) in [6.45, 7) is 6.19. The highest BCUT2D eigenvalue weighted by atomic mass is 79.9. The molecular weight excluding hydrogens is 328 g/mol. The van der Waals surface area contributed by atoms with Gasteiger partial charge in [0.1, 0.15) is 0 Å². The van der Waals surface area contributed by atoms with Crippen molar-refractivity contribution in [2.45, 2.75) is 38.3 Å². The smallest absolute Gasteiger partial charge is 0.176 e. The first kappa shape index (κ1) is 15.2. The summed E-state index contributed by atoms with van der Waals surface area (Å²) in [5.74, 6) is 0.235. The molecule has 114 valence electrons. The van der Waals surface area contributed by atoms with Gasteiger partial charge in [-0.2, -0.15) is 0 Å². The number of rotatable bonds is 3. The van der Waals surface area contributed by atoms with Gasteiger partial charge in [-0.25, -0.2) is 0 Å². The third-order valence-corrected chi connectivity index (χ3v) is 5.36. The average molecular weight is 351 g/mol. The van der Waals surface area contributed by atoms with Gasteiger partial charge in [-0.15, -0.1) is 0 Å². The Morgan fingerprint density at radius 1 is 1.24 bits per heavy atom. The summed E-state index contributed by atoms with van der Waals surface area (Å²) >= 11 is 3.41. The van der Waals surface area contributed by atoms with E-state index in [9.17, 15) is 4.79 Å². The number of hydrogen-bond donors (Lipinski definition) is 0. The molecule has 2 heterocycles. The van der Waals surface area contributed by atoms with Gasteiger partial charge in [-0.1, -0.05) is 34.5 Å². The van der Waals surface area contributed by atoms with Crippen molar-refractivity contribution in [1.82, 2.24) is 9.80 Å². The van der Waals surface area contributed by atoms with Crippen molar-refractivity contribution in [2.75, 3.05) is 26.2 Å². The Morgan fingerprint density at radius 2 is 2.00 bits per heavy atom. The topological polar surface area (TPSA) is 23.6 Å². The van der Waals surface area contributed by atoms with Crippen LogP contribution in [0.5, 0.6) is 0 Å². The molecule has 2 fully saturated rings. The number of Topliss-reactive ketones (excluding diaryl/α,β-unsaturated/α-hetero) is 1. The van der Waals surface area contributed by atoms with Crippen molar-refractivity contribution in [1.29, 1.82) is 0 Å². The van der Waals surface area contributed by atoms with Crippen LogP contribution in [0.15, 0.2) is 28.7 Å². The predicted molar refractivity (Wildman–Crippen MR) is 88.7 cm³/mol. The molecule has 0 amide bonds. The summed E-state index contributed by atoms with van der Waals surface area (Å²) < 4.78 is 1.02. The maximum atomic E-state index is 12.5. The second-order valence-corrected chi connectivity index (χ2v) is 7.27. The van der Waals surface area contributed by atoms with E-state index < -0.39 is 0 Å². The highest BCUT2D eigenvalue weighted by molar-refractivity contribution is 9.10. The minimum atomic E-state index is 0.235. The molecule has 2 aliphatic heterocycles. The van der Waals surface area contributed by atoms with Crippen LogP contribution in [-0.2, 0) is 0 Å². The van der Waals surface area contributed by atoms with Crippen LogP contribution in [0.2, 0.25) is 0 Å². The van der Waals surface area contributed by atoms with Crippen molar-refractivity contribution in [3.8, 4) is 0 Å².